The van der Waals surface area contributed by atoms with Gasteiger partial charge in [0.15, 0.2) is 0 Å². The van der Waals surface area contributed by atoms with Crippen molar-refractivity contribution in [3.63, 3.8) is 0 Å². The molecule has 0 bridgehead atoms. The molecule has 0 aliphatic heterocycles. The van der Waals surface area contributed by atoms with Crippen molar-refractivity contribution in [2.45, 2.75) is 13.5 Å². The van der Waals surface area contributed by atoms with Crippen molar-refractivity contribution in [3.05, 3.63) is 81.2 Å². The Balaban J connectivity index is 0.00000280. The van der Waals surface area contributed by atoms with Crippen molar-refractivity contribution in [3.8, 4) is 16.8 Å². The monoisotopic (exact) mass is 405 g/mol. The van der Waals surface area contributed by atoms with Gasteiger partial charge in [-0.15, -0.1) is 12.4 Å². The maximum atomic E-state index is 12.7. The zero-order chi connectivity index (χ0) is 19.6. The number of hydrogen-bond donors (Lipinski definition) is 1. The Morgan fingerprint density at radius 2 is 2.00 bits per heavy atom. The summed E-state index contributed by atoms with van der Waals surface area (Å²) in [6, 6.07) is 9.15. The largest absolute Gasteiger partial charge is 0.350 e. The van der Waals surface area contributed by atoms with Crippen LogP contribution in [0.25, 0.3) is 16.8 Å². The third-order valence-electron chi connectivity index (χ3n) is 4.32. The van der Waals surface area contributed by atoms with Gasteiger partial charge in [0, 0.05) is 25.4 Å². The average Bonchev–Trinajstić information content (AvgIpc) is 3.04. The summed E-state index contributed by atoms with van der Waals surface area (Å²) in [5.41, 5.74) is 8.24. The highest BCUT2D eigenvalue weighted by molar-refractivity contribution is 5.85. The van der Waals surface area contributed by atoms with E-state index in [2.05, 4.69) is 5.10 Å². The lowest BCUT2D eigenvalue weighted by atomic mass is 10.1. The molecule has 3 aromatic rings. The molecule has 0 atom stereocenters. The van der Waals surface area contributed by atoms with Crippen LogP contribution < -0.4 is 17.0 Å². The van der Waals surface area contributed by atoms with Gasteiger partial charge in [0.1, 0.15) is 6.33 Å². The number of hydrogen-bond acceptors (Lipinski definition) is 4. The van der Waals surface area contributed by atoms with Gasteiger partial charge in [-0.2, -0.15) is 5.10 Å². The van der Waals surface area contributed by atoms with E-state index in [1.54, 1.807) is 26.2 Å². The normalized spacial score (nSPS) is 11.4. The second kappa shape index (κ2) is 8.81. The highest BCUT2D eigenvalue weighted by Crippen LogP contribution is 2.21. The molecule has 0 unspecified atom stereocenters. The summed E-state index contributed by atoms with van der Waals surface area (Å²) in [5, 5.41) is 4.03. The van der Waals surface area contributed by atoms with E-state index < -0.39 is 5.69 Å². The fourth-order valence-corrected chi connectivity index (χ4v) is 2.83. The maximum absolute atomic E-state index is 12.7. The lowest BCUT2D eigenvalue weighted by Crippen LogP contribution is -2.26. The van der Waals surface area contributed by atoms with Crippen molar-refractivity contribution >= 4 is 12.4 Å². The molecule has 0 saturated carbocycles. The first-order chi connectivity index (χ1) is 12.9. The van der Waals surface area contributed by atoms with Crippen LogP contribution >= 0.6 is 12.4 Å². The lowest BCUT2D eigenvalue weighted by molar-refractivity contribution is 0.612. The van der Waals surface area contributed by atoms with Gasteiger partial charge in [-0.25, -0.2) is 18.4 Å². The van der Waals surface area contributed by atoms with E-state index in [1.807, 2.05) is 24.3 Å². The quantitative estimate of drug-likeness (QED) is 0.702. The van der Waals surface area contributed by atoms with Gasteiger partial charge in [0.25, 0.3) is 5.56 Å². The molecule has 2 heterocycles. The van der Waals surface area contributed by atoms with Crippen molar-refractivity contribution in [1.82, 2.24) is 18.9 Å². The van der Waals surface area contributed by atoms with E-state index in [4.69, 9.17) is 5.73 Å². The van der Waals surface area contributed by atoms with Crippen molar-refractivity contribution in [2.24, 2.45) is 12.8 Å². The predicted octanol–water partition coefficient (Wildman–Crippen LogP) is 1.94. The molecule has 9 heteroatoms. The van der Waals surface area contributed by atoms with E-state index in [0.29, 0.717) is 17.6 Å². The molecule has 28 heavy (non-hydrogen) atoms. The number of aryl methyl sites for hydroxylation is 2. The average molecular weight is 406 g/mol. The summed E-state index contributed by atoms with van der Waals surface area (Å²) in [5.74, 6) is 0. The summed E-state index contributed by atoms with van der Waals surface area (Å²) < 4.78 is 16.8. The highest BCUT2D eigenvalue weighted by atomic mass is 35.5. The molecule has 2 aromatic heterocycles. The molecule has 0 aliphatic carbocycles. The molecular weight excluding hydrogens is 385 g/mol. The second-order valence-electron chi connectivity index (χ2n) is 6.29. The van der Waals surface area contributed by atoms with Gasteiger partial charge in [-0.1, -0.05) is 12.1 Å². The molecule has 0 aliphatic rings. The van der Waals surface area contributed by atoms with Crippen molar-refractivity contribution < 1.29 is 4.39 Å². The molecule has 0 spiro atoms. The van der Waals surface area contributed by atoms with E-state index in [9.17, 15) is 14.0 Å². The summed E-state index contributed by atoms with van der Waals surface area (Å²) in [6.45, 7) is 1.77. The fourth-order valence-electron chi connectivity index (χ4n) is 2.83. The molecule has 148 valence electrons. The zero-order valence-electron chi connectivity index (χ0n) is 15.5. The summed E-state index contributed by atoms with van der Waals surface area (Å²) in [7, 11) is 1.70. The number of pyridine rings is 1. The SMILES string of the molecule is Cc1cc(-c2cccc(-n3cnn(C/C(=C/F)CN)c3=O)c2)cn(C)c1=O.Cl. The molecule has 1 aromatic carbocycles. The molecule has 7 nitrogen and oxygen atoms in total. The minimum atomic E-state index is -0.392. The Kier molecular flexibility index (Phi) is 6.71. The van der Waals surface area contributed by atoms with Crippen LogP contribution in [0, 0.1) is 6.92 Å². The van der Waals surface area contributed by atoms with Crippen LogP contribution in [0.1, 0.15) is 5.56 Å². The first-order valence-electron chi connectivity index (χ1n) is 8.35. The summed E-state index contributed by atoms with van der Waals surface area (Å²) >= 11 is 0. The summed E-state index contributed by atoms with van der Waals surface area (Å²) in [4.78, 5) is 24.5. The minimum absolute atomic E-state index is 0. The van der Waals surface area contributed by atoms with Crippen LogP contribution in [0.15, 0.2) is 64.3 Å². The molecule has 2 N–H and O–H groups in total. The second-order valence-corrected chi connectivity index (χ2v) is 6.29. The van der Waals surface area contributed by atoms with E-state index in [-0.39, 0.29) is 36.6 Å². The third kappa shape index (κ3) is 4.13. The Labute approximate surface area is 166 Å². The standard InChI is InChI=1S/C19H20FN5O2.ClH/c1-13-6-16(11-23(2)18(13)26)15-4-3-5-17(7-15)24-12-22-25(19(24)27)10-14(8-20)9-21;/h3-8,11-12H,9-10,21H2,1-2H3;1H/b14-8+;. The number of nitrogens with two attached hydrogens (primary N) is 1. The van der Waals surface area contributed by atoms with Crippen LogP contribution in [-0.2, 0) is 13.6 Å². The van der Waals surface area contributed by atoms with E-state index in [1.165, 1.54) is 15.5 Å². The van der Waals surface area contributed by atoms with Crippen molar-refractivity contribution in [1.29, 1.82) is 0 Å². The highest BCUT2D eigenvalue weighted by Gasteiger charge is 2.10. The molecule has 0 radical (unpaired) electrons. The van der Waals surface area contributed by atoms with Gasteiger partial charge < -0.3 is 10.3 Å². The molecule has 0 saturated heterocycles. The maximum Gasteiger partial charge on any atom is 0.350 e. The fraction of sp³-hybridized carbons (Fsp3) is 0.211. The summed E-state index contributed by atoms with van der Waals surface area (Å²) in [6.07, 6.45) is 3.54. The topological polar surface area (TPSA) is 87.8 Å². The molecular formula is C19H21ClFN5O2. The van der Waals surface area contributed by atoms with Crippen molar-refractivity contribution in [2.75, 3.05) is 6.54 Å². The first kappa shape index (κ1) is 21.3. The van der Waals surface area contributed by atoms with Gasteiger partial charge in [-0.3, -0.25) is 4.79 Å². The number of rotatable bonds is 5. The number of nitrogens with zero attached hydrogens (tertiary/aromatic N) is 4. The van der Waals surface area contributed by atoms with Crippen LogP contribution in [0.2, 0.25) is 0 Å². The molecule has 3 rings (SSSR count). The van der Waals surface area contributed by atoms with Crippen LogP contribution in [0.5, 0.6) is 0 Å². The number of aromatic nitrogens is 4. The van der Waals surface area contributed by atoms with Gasteiger partial charge in [0.05, 0.1) is 18.6 Å². The number of benzene rings is 1. The Bertz CT molecular complexity index is 1100. The Hall–Kier alpha value is -2.97. The molecule has 0 amide bonds. The van der Waals surface area contributed by atoms with Gasteiger partial charge in [-0.05, 0) is 41.8 Å². The van der Waals surface area contributed by atoms with E-state index >= 15 is 0 Å². The van der Waals surface area contributed by atoms with Gasteiger partial charge in [0.2, 0.25) is 0 Å². The Morgan fingerprint density at radius 3 is 2.64 bits per heavy atom. The zero-order valence-corrected chi connectivity index (χ0v) is 16.3. The predicted molar refractivity (Wildman–Crippen MR) is 109 cm³/mol. The smallest absolute Gasteiger partial charge is 0.327 e. The third-order valence-corrected chi connectivity index (χ3v) is 4.32. The Morgan fingerprint density at radius 1 is 1.25 bits per heavy atom. The van der Waals surface area contributed by atoms with Crippen LogP contribution in [0.3, 0.4) is 0 Å². The van der Waals surface area contributed by atoms with Crippen LogP contribution in [0.4, 0.5) is 4.39 Å². The molecule has 0 fully saturated rings. The first-order valence-corrected chi connectivity index (χ1v) is 8.35. The minimum Gasteiger partial charge on any atom is -0.327 e. The van der Waals surface area contributed by atoms with E-state index in [0.717, 1.165) is 15.8 Å². The lowest BCUT2D eigenvalue weighted by Gasteiger charge is -2.08. The number of halogens is 2. The van der Waals surface area contributed by atoms with Crippen LogP contribution in [-0.4, -0.2) is 25.5 Å². The van der Waals surface area contributed by atoms with Gasteiger partial charge >= 0.3 is 5.69 Å².